The largest absolute Gasteiger partial charge is 0.573 e. The van der Waals surface area contributed by atoms with Gasteiger partial charge in [0.1, 0.15) is 11.4 Å². The zero-order valence-electron chi connectivity index (χ0n) is 17.5. The van der Waals surface area contributed by atoms with Gasteiger partial charge in [0, 0.05) is 12.1 Å². The maximum atomic E-state index is 13.1. The summed E-state index contributed by atoms with van der Waals surface area (Å²) in [6.07, 6.45) is -13.8. The lowest BCUT2D eigenvalue weighted by molar-refractivity contribution is -0.274. The molecule has 0 saturated carbocycles. The summed E-state index contributed by atoms with van der Waals surface area (Å²) >= 11 is 0.888. The molecule has 4 rings (SSSR count). The Morgan fingerprint density at radius 1 is 0.861 bits per heavy atom. The van der Waals surface area contributed by atoms with Crippen LogP contribution < -0.4 is 9.54 Å². The van der Waals surface area contributed by atoms with Crippen molar-refractivity contribution < 1.29 is 44.3 Å². The Labute approximate surface area is 198 Å². The first-order valence-corrected chi connectivity index (χ1v) is 10.6. The lowest BCUT2D eigenvalue weighted by Crippen LogP contribution is -2.17. The summed E-state index contributed by atoms with van der Waals surface area (Å²) in [6, 6.07) is 4.62. The van der Waals surface area contributed by atoms with Crippen molar-refractivity contribution in [3.8, 4) is 17.0 Å². The Morgan fingerprint density at radius 3 is 2.08 bits per heavy atom. The third-order valence-corrected chi connectivity index (χ3v) is 5.84. The molecule has 0 bridgehead atoms. The van der Waals surface area contributed by atoms with Crippen molar-refractivity contribution >= 4 is 21.6 Å². The van der Waals surface area contributed by atoms with Crippen molar-refractivity contribution in [2.24, 2.45) is 0 Å². The molecule has 2 heterocycles. The summed E-state index contributed by atoms with van der Waals surface area (Å²) in [5.74, 6) is -0.455. The van der Waals surface area contributed by atoms with Crippen molar-refractivity contribution in [2.75, 3.05) is 0 Å². The molecule has 4 aromatic rings. The highest BCUT2D eigenvalue weighted by Gasteiger charge is 2.37. The van der Waals surface area contributed by atoms with Gasteiger partial charge in [-0.3, -0.25) is 10.1 Å². The molecular weight excluding hydrogens is 529 g/mol. The van der Waals surface area contributed by atoms with Gasteiger partial charge in [-0.1, -0.05) is 16.6 Å². The van der Waals surface area contributed by atoms with E-state index in [1.807, 2.05) is 0 Å². The van der Waals surface area contributed by atoms with E-state index in [-0.39, 0.29) is 29.7 Å². The second-order valence-electron chi connectivity index (χ2n) is 7.40. The van der Waals surface area contributed by atoms with Crippen LogP contribution >= 0.6 is 11.3 Å². The maximum Gasteiger partial charge on any atom is 0.573 e. The molecular formula is C20H12F9N5OS. The molecule has 0 aliphatic carbocycles. The van der Waals surface area contributed by atoms with E-state index in [9.17, 15) is 39.5 Å². The number of aryl methyl sites for hydroxylation is 2. The van der Waals surface area contributed by atoms with Crippen molar-refractivity contribution in [2.45, 2.75) is 31.8 Å². The Kier molecular flexibility index (Phi) is 6.26. The van der Waals surface area contributed by atoms with Gasteiger partial charge in [0.25, 0.3) is 0 Å². The van der Waals surface area contributed by atoms with E-state index in [0.717, 1.165) is 29.7 Å². The van der Waals surface area contributed by atoms with Crippen molar-refractivity contribution in [3.05, 3.63) is 58.5 Å². The van der Waals surface area contributed by atoms with Crippen molar-refractivity contribution in [1.82, 2.24) is 19.6 Å². The van der Waals surface area contributed by atoms with E-state index in [1.54, 1.807) is 0 Å². The van der Waals surface area contributed by atoms with Gasteiger partial charge in [0.2, 0.25) is 0 Å². The first-order chi connectivity index (χ1) is 16.6. The smallest absolute Gasteiger partial charge is 0.406 e. The number of halogens is 9. The summed E-state index contributed by atoms with van der Waals surface area (Å²) in [7, 11) is 0. The normalized spacial score (nSPS) is 12.9. The number of ether oxygens (including phenoxy) is 1. The van der Waals surface area contributed by atoms with Crippen molar-refractivity contribution in [3.63, 3.8) is 0 Å². The molecule has 0 saturated heterocycles. The van der Waals surface area contributed by atoms with Gasteiger partial charge in [-0.2, -0.15) is 26.3 Å². The minimum Gasteiger partial charge on any atom is -0.406 e. The van der Waals surface area contributed by atoms with E-state index in [1.165, 1.54) is 15.3 Å². The molecule has 0 radical (unpaired) electrons. The highest BCUT2D eigenvalue weighted by atomic mass is 32.1. The average Bonchev–Trinajstić information content (AvgIpc) is 3.33. The summed E-state index contributed by atoms with van der Waals surface area (Å²) < 4.78 is 123. The van der Waals surface area contributed by atoms with Gasteiger partial charge in [-0.05, 0) is 36.4 Å². The molecule has 16 heteroatoms. The number of nitrogens with zero attached hydrogens (tertiary/aromatic N) is 4. The summed E-state index contributed by atoms with van der Waals surface area (Å²) in [6.45, 7) is 0.0821. The Bertz CT molecular complexity index is 1430. The van der Waals surface area contributed by atoms with E-state index < -0.39 is 41.2 Å². The van der Waals surface area contributed by atoms with Crippen LogP contribution in [0.15, 0.2) is 42.6 Å². The first kappa shape index (κ1) is 25.5. The van der Waals surface area contributed by atoms with Gasteiger partial charge in [0.15, 0.2) is 4.80 Å². The Hall–Kier alpha value is -3.56. The topological polar surface area (TPSA) is 68.7 Å². The second kappa shape index (κ2) is 8.83. The van der Waals surface area contributed by atoms with Crippen molar-refractivity contribution in [1.29, 1.82) is 5.41 Å². The molecule has 1 N–H and O–H groups in total. The predicted molar refractivity (Wildman–Crippen MR) is 108 cm³/mol. The standard InChI is InChI=1S/C20H12F9N5OS/c21-18(22,23)11-5-10(6-12(7-11)19(24,25)26)14-9-33(32-31-14)3-4-34-15-2-1-13(35-20(27,28)29)8-16(15)36-17(34)30/h1-2,5-9,30H,3-4H2. The summed E-state index contributed by atoms with van der Waals surface area (Å²) in [5, 5.41) is 15.5. The van der Waals surface area contributed by atoms with Crippen LogP contribution in [0.2, 0.25) is 0 Å². The summed E-state index contributed by atoms with van der Waals surface area (Å²) in [4.78, 5) is -0.0119. The zero-order valence-corrected chi connectivity index (χ0v) is 18.3. The van der Waals surface area contributed by atoms with Crippen LogP contribution in [0.5, 0.6) is 5.75 Å². The summed E-state index contributed by atoms with van der Waals surface area (Å²) in [5.41, 5.74) is -3.22. The highest BCUT2D eigenvalue weighted by Crippen LogP contribution is 2.38. The molecule has 192 valence electrons. The number of rotatable bonds is 5. The molecule has 2 aromatic carbocycles. The van der Waals surface area contributed by atoms with Crippen LogP contribution in [-0.4, -0.2) is 25.9 Å². The number of thiazole rings is 1. The van der Waals surface area contributed by atoms with Crippen LogP contribution in [0.4, 0.5) is 39.5 Å². The van der Waals surface area contributed by atoms with E-state index >= 15 is 0 Å². The fourth-order valence-electron chi connectivity index (χ4n) is 3.33. The van der Waals surface area contributed by atoms with Gasteiger partial charge in [-0.25, -0.2) is 0 Å². The third kappa shape index (κ3) is 5.63. The first-order valence-electron chi connectivity index (χ1n) is 9.74. The van der Waals surface area contributed by atoms with Gasteiger partial charge in [0.05, 0.1) is 34.1 Å². The number of benzene rings is 2. The highest BCUT2D eigenvalue weighted by molar-refractivity contribution is 7.16. The van der Waals surface area contributed by atoms with E-state index in [2.05, 4.69) is 15.0 Å². The molecule has 0 amide bonds. The molecule has 0 aliphatic heterocycles. The fraction of sp³-hybridized carbons (Fsp3) is 0.250. The third-order valence-electron chi connectivity index (χ3n) is 4.88. The van der Waals surface area contributed by atoms with Gasteiger partial charge >= 0.3 is 18.7 Å². The lowest BCUT2D eigenvalue weighted by Gasteiger charge is -2.13. The Morgan fingerprint density at radius 2 is 1.50 bits per heavy atom. The van der Waals surface area contributed by atoms with E-state index in [4.69, 9.17) is 5.41 Å². The zero-order chi connectivity index (χ0) is 26.5. The lowest BCUT2D eigenvalue weighted by atomic mass is 10.0. The Balaban J connectivity index is 1.58. The minimum atomic E-state index is -5.02. The molecule has 0 unspecified atom stereocenters. The number of aromatic nitrogens is 4. The molecule has 0 spiro atoms. The molecule has 2 aromatic heterocycles. The quantitative estimate of drug-likeness (QED) is 0.312. The number of hydrogen-bond acceptors (Lipinski definition) is 5. The minimum absolute atomic E-state index is 0.00713. The van der Waals surface area contributed by atoms with Crippen LogP contribution in [-0.2, 0) is 25.4 Å². The maximum absolute atomic E-state index is 13.1. The van der Waals surface area contributed by atoms with Gasteiger partial charge in [-0.15, -0.1) is 18.3 Å². The average molecular weight is 541 g/mol. The number of alkyl halides is 9. The van der Waals surface area contributed by atoms with Crippen LogP contribution in [0.25, 0.3) is 21.5 Å². The number of nitrogens with one attached hydrogen (secondary N) is 1. The second-order valence-corrected chi connectivity index (χ2v) is 8.43. The van der Waals surface area contributed by atoms with Gasteiger partial charge < -0.3 is 9.30 Å². The van der Waals surface area contributed by atoms with E-state index in [0.29, 0.717) is 22.3 Å². The SMILES string of the molecule is N=c1sc2cc(OC(F)(F)F)ccc2n1CCn1cc(-c2cc(C(F)(F)F)cc(C(F)(F)F)c2)nn1. The van der Waals surface area contributed by atoms with Crippen LogP contribution in [0.3, 0.4) is 0 Å². The molecule has 6 nitrogen and oxygen atoms in total. The number of hydrogen-bond donors (Lipinski definition) is 1. The monoisotopic (exact) mass is 541 g/mol. The molecule has 0 fully saturated rings. The molecule has 0 atom stereocenters. The predicted octanol–water partition coefficient (Wildman–Crippen LogP) is 6.08. The van der Waals surface area contributed by atoms with Crippen LogP contribution in [0.1, 0.15) is 11.1 Å². The molecule has 0 aliphatic rings. The fourth-order valence-corrected chi connectivity index (χ4v) is 4.30. The molecule has 36 heavy (non-hydrogen) atoms. The van der Waals surface area contributed by atoms with Crippen LogP contribution in [0, 0.1) is 5.41 Å². The number of fused-ring (bicyclic) bond motifs is 1.